The summed E-state index contributed by atoms with van der Waals surface area (Å²) in [6, 6.07) is 40.9. The molecule has 1 atom stereocenters. The van der Waals surface area contributed by atoms with Crippen molar-refractivity contribution in [3.8, 4) is 11.4 Å². The van der Waals surface area contributed by atoms with Crippen LogP contribution in [0.15, 0.2) is 128 Å². The second kappa shape index (κ2) is 10.3. The van der Waals surface area contributed by atoms with Gasteiger partial charge in [0.1, 0.15) is 11.6 Å². The summed E-state index contributed by atoms with van der Waals surface area (Å²) < 4.78 is 21.4. The molecule has 3 aromatic heterocycles. The lowest BCUT2D eigenvalue weighted by Gasteiger charge is -2.42. The third kappa shape index (κ3) is 4.18. The fourth-order valence-corrected chi connectivity index (χ4v) is 8.82. The quantitative estimate of drug-likeness (QED) is 0.194. The molecule has 0 saturated carbocycles. The summed E-state index contributed by atoms with van der Waals surface area (Å²) in [5.41, 5.74) is 8.18. The van der Waals surface area contributed by atoms with E-state index in [-0.39, 0.29) is 5.41 Å². The second-order valence-corrected chi connectivity index (χ2v) is 13.9. The molecule has 0 saturated heterocycles. The summed E-state index contributed by atoms with van der Waals surface area (Å²) in [6.07, 6.45) is 0.496. The Labute approximate surface area is 276 Å². The van der Waals surface area contributed by atoms with E-state index < -0.39 is 6.17 Å². The molecule has 0 amide bonds. The van der Waals surface area contributed by atoms with E-state index in [1.165, 1.54) is 25.7 Å². The number of alkyl halides is 1. The van der Waals surface area contributed by atoms with Gasteiger partial charge in [0.2, 0.25) is 0 Å². The number of nitrogens with zero attached hydrogens (tertiary/aromatic N) is 4. The van der Waals surface area contributed by atoms with Gasteiger partial charge in [-0.05, 0) is 65.2 Å². The van der Waals surface area contributed by atoms with Gasteiger partial charge in [0.25, 0.3) is 0 Å². The Balaban J connectivity index is 1.19. The minimum Gasteiger partial charge on any atom is -0.327 e. The first-order chi connectivity index (χ1) is 22.9. The van der Waals surface area contributed by atoms with Crippen molar-refractivity contribution in [2.45, 2.75) is 25.4 Å². The molecule has 0 fully saturated rings. The molecule has 1 aliphatic heterocycles. The minimum atomic E-state index is -1.32. The zero-order chi connectivity index (χ0) is 31.9. The number of rotatable bonds is 4. The van der Waals surface area contributed by atoms with Gasteiger partial charge in [-0.25, -0.2) is 14.4 Å². The lowest BCUT2D eigenvalue weighted by molar-refractivity contribution is 0.402. The van der Waals surface area contributed by atoms with Crippen LogP contribution in [0.2, 0.25) is 0 Å². The molecule has 228 valence electrons. The number of anilines is 3. The number of para-hydroxylation sites is 2. The highest BCUT2D eigenvalue weighted by Gasteiger charge is 2.40. The fraction of sp³-hybridized carbons (Fsp3) is 0.122. The molecule has 8 aromatic rings. The Bertz CT molecular complexity index is 2490. The van der Waals surface area contributed by atoms with Crippen molar-refractivity contribution < 1.29 is 4.39 Å². The first-order valence-electron chi connectivity index (χ1n) is 15.9. The van der Waals surface area contributed by atoms with Crippen molar-refractivity contribution in [2.75, 3.05) is 4.90 Å². The summed E-state index contributed by atoms with van der Waals surface area (Å²) in [7, 11) is 2.01. The highest BCUT2D eigenvalue weighted by molar-refractivity contribution is 7.26. The average molecular weight is 631 g/mol. The van der Waals surface area contributed by atoms with E-state index in [2.05, 4.69) is 71.8 Å². The van der Waals surface area contributed by atoms with E-state index in [9.17, 15) is 0 Å². The number of hydrogen-bond acceptors (Lipinski definition) is 4. The Kier molecular flexibility index (Phi) is 6.15. The van der Waals surface area contributed by atoms with Crippen molar-refractivity contribution >= 4 is 59.7 Å². The minimum absolute atomic E-state index is 0.333. The van der Waals surface area contributed by atoms with Crippen LogP contribution in [0, 0.1) is 0 Å². The standard InChI is InChI=1S/C41H31FN4S/c1-41(2)30-20-18-26(38(42)25-11-10-12-27(23-25)40-44-31-14-5-6-15-32(31)45(40)3)24-34(30)46(36-17-8-9-22-43-36)33-21-19-29-28-13-4-7-16-35(28)47-39(29)37(33)41/h4-24,38H,1-3H3. The molecule has 0 bridgehead atoms. The molecule has 9 rings (SSSR count). The smallest absolute Gasteiger partial charge is 0.150 e. The molecule has 6 heteroatoms. The monoisotopic (exact) mass is 630 g/mol. The van der Waals surface area contributed by atoms with Gasteiger partial charge in [-0.3, -0.25) is 4.90 Å². The predicted octanol–water partition coefficient (Wildman–Crippen LogP) is 11.2. The number of aromatic nitrogens is 3. The van der Waals surface area contributed by atoms with E-state index >= 15 is 4.39 Å². The van der Waals surface area contributed by atoms with Crippen molar-refractivity contribution in [1.82, 2.24) is 14.5 Å². The number of benzene rings is 5. The van der Waals surface area contributed by atoms with E-state index in [0.29, 0.717) is 11.1 Å². The van der Waals surface area contributed by atoms with Gasteiger partial charge in [-0.2, -0.15) is 0 Å². The molecule has 47 heavy (non-hydrogen) atoms. The molecule has 5 aromatic carbocycles. The molecule has 1 unspecified atom stereocenters. The van der Waals surface area contributed by atoms with Crippen molar-refractivity contribution in [3.63, 3.8) is 0 Å². The third-order valence-electron chi connectivity index (χ3n) is 9.72. The lowest BCUT2D eigenvalue weighted by atomic mass is 9.72. The van der Waals surface area contributed by atoms with Gasteiger partial charge in [-0.15, -0.1) is 11.3 Å². The van der Waals surface area contributed by atoms with Crippen LogP contribution in [0.5, 0.6) is 0 Å². The predicted molar refractivity (Wildman–Crippen MR) is 193 cm³/mol. The molecule has 4 nitrogen and oxygen atoms in total. The molecule has 0 N–H and O–H groups in total. The van der Waals surface area contributed by atoms with Crippen LogP contribution in [0.25, 0.3) is 42.6 Å². The van der Waals surface area contributed by atoms with Gasteiger partial charge in [0.05, 0.1) is 22.4 Å². The first-order valence-corrected chi connectivity index (χ1v) is 16.7. The zero-order valence-corrected chi connectivity index (χ0v) is 27.1. The van der Waals surface area contributed by atoms with Gasteiger partial charge in [-0.1, -0.05) is 86.6 Å². The van der Waals surface area contributed by atoms with Crippen LogP contribution in [-0.2, 0) is 12.5 Å². The van der Waals surface area contributed by atoms with Gasteiger partial charge in [0.15, 0.2) is 6.17 Å². The van der Waals surface area contributed by atoms with Crippen molar-refractivity contribution in [1.29, 1.82) is 0 Å². The third-order valence-corrected chi connectivity index (χ3v) is 10.9. The maximum atomic E-state index is 16.7. The Morgan fingerprint density at radius 2 is 1.55 bits per heavy atom. The summed E-state index contributed by atoms with van der Waals surface area (Å²) >= 11 is 1.84. The lowest BCUT2D eigenvalue weighted by Crippen LogP contribution is -2.31. The number of aryl methyl sites for hydroxylation is 1. The summed E-state index contributed by atoms with van der Waals surface area (Å²) in [6.45, 7) is 4.58. The van der Waals surface area contributed by atoms with Crippen molar-refractivity contribution in [3.05, 3.63) is 150 Å². The van der Waals surface area contributed by atoms with Gasteiger partial charge in [0, 0.05) is 50.0 Å². The number of halogens is 1. The van der Waals surface area contributed by atoms with E-state index in [1.54, 1.807) is 0 Å². The van der Waals surface area contributed by atoms with Crippen LogP contribution in [0.4, 0.5) is 21.6 Å². The van der Waals surface area contributed by atoms with E-state index in [0.717, 1.165) is 45.2 Å². The number of hydrogen-bond donors (Lipinski definition) is 0. The van der Waals surface area contributed by atoms with E-state index in [4.69, 9.17) is 9.97 Å². The fourth-order valence-electron chi connectivity index (χ4n) is 7.42. The zero-order valence-electron chi connectivity index (χ0n) is 26.3. The second-order valence-electron chi connectivity index (χ2n) is 12.8. The normalized spacial score (nSPS) is 14.4. The molecule has 4 heterocycles. The highest BCUT2D eigenvalue weighted by Crippen LogP contribution is 2.56. The van der Waals surface area contributed by atoms with Crippen LogP contribution in [0.1, 0.15) is 42.3 Å². The number of imidazole rings is 1. The summed E-state index contributed by atoms with van der Waals surface area (Å²) in [4.78, 5) is 11.9. The molecule has 0 aliphatic carbocycles. The maximum Gasteiger partial charge on any atom is 0.150 e. The van der Waals surface area contributed by atoms with Gasteiger partial charge >= 0.3 is 0 Å². The largest absolute Gasteiger partial charge is 0.327 e. The van der Waals surface area contributed by atoms with Crippen LogP contribution in [0.3, 0.4) is 0 Å². The average Bonchev–Trinajstić information content (AvgIpc) is 3.65. The molecule has 0 radical (unpaired) electrons. The molecular formula is C41H31FN4S. The Hall–Kier alpha value is -5.33. The van der Waals surface area contributed by atoms with Crippen LogP contribution >= 0.6 is 11.3 Å². The summed E-state index contributed by atoms with van der Waals surface area (Å²) in [5.74, 6) is 1.63. The number of thiophene rings is 1. The molecular weight excluding hydrogens is 600 g/mol. The first kappa shape index (κ1) is 27.9. The van der Waals surface area contributed by atoms with Crippen molar-refractivity contribution in [2.24, 2.45) is 7.05 Å². The highest BCUT2D eigenvalue weighted by atomic mass is 32.1. The molecule has 1 aliphatic rings. The SMILES string of the molecule is Cn1c(-c2cccc(C(F)c3ccc4c(c3)N(c3ccccn3)c3ccc5c(sc6ccccc65)c3C4(C)C)c2)nc2ccccc21. The topological polar surface area (TPSA) is 34.0 Å². The number of fused-ring (bicyclic) bond motifs is 7. The summed E-state index contributed by atoms with van der Waals surface area (Å²) in [5, 5.41) is 2.54. The Morgan fingerprint density at radius 3 is 2.40 bits per heavy atom. The van der Waals surface area contributed by atoms with E-state index in [1.807, 2.05) is 97.4 Å². The maximum absolute atomic E-state index is 16.7. The van der Waals surface area contributed by atoms with Crippen LogP contribution < -0.4 is 4.90 Å². The van der Waals surface area contributed by atoms with Gasteiger partial charge < -0.3 is 4.57 Å². The Morgan fingerprint density at radius 1 is 0.745 bits per heavy atom. The molecule has 0 spiro atoms. The van der Waals surface area contributed by atoms with Crippen LogP contribution in [-0.4, -0.2) is 14.5 Å². The number of pyridine rings is 1.